The van der Waals surface area contributed by atoms with E-state index in [1.54, 1.807) is 17.5 Å². The van der Waals surface area contributed by atoms with Crippen molar-refractivity contribution in [1.82, 2.24) is 15.3 Å². The molecule has 0 bridgehead atoms. The van der Waals surface area contributed by atoms with Gasteiger partial charge < -0.3 is 11.1 Å². The van der Waals surface area contributed by atoms with Crippen LogP contribution >= 0.6 is 22.9 Å². The molecule has 0 saturated heterocycles. The Morgan fingerprint density at radius 3 is 2.94 bits per heavy atom. The van der Waals surface area contributed by atoms with Crippen molar-refractivity contribution in [2.24, 2.45) is 0 Å². The van der Waals surface area contributed by atoms with Gasteiger partial charge in [0.05, 0.1) is 11.6 Å². The minimum Gasteiger partial charge on any atom is -0.384 e. The SMILES string of the molecule is Cc1ncc(CNC(=O)c2cc(N)nc(Cl)c2)s1. The number of hydrogen-bond acceptors (Lipinski definition) is 5. The van der Waals surface area contributed by atoms with Crippen molar-refractivity contribution in [3.63, 3.8) is 0 Å². The summed E-state index contributed by atoms with van der Waals surface area (Å²) in [5, 5.41) is 3.94. The summed E-state index contributed by atoms with van der Waals surface area (Å²) in [6.45, 7) is 2.35. The Hall–Kier alpha value is -1.66. The van der Waals surface area contributed by atoms with Gasteiger partial charge in [0.15, 0.2) is 0 Å². The summed E-state index contributed by atoms with van der Waals surface area (Å²) in [5.74, 6) is -0.0154. The van der Waals surface area contributed by atoms with E-state index >= 15 is 0 Å². The van der Waals surface area contributed by atoms with Gasteiger partial charge in [0.1, 0.15) is 11.0 Å². The number of anilines is 1. The molecule has 0 fully saturated rings. The smallest absolute Gasteiger partial charge is 0.251 e. The third-order valence-electron chi connectivity index (χ3n) is 2.17. The highest BCUT2D eigenvalue weighted by molar-refractivity contribution is 7.11. The van der Waals surface area contributed by atoms with Crippen LogP contribution in [-0.2, 0) is 6.54 Å². The number of carbonyl (C=O) groups is 1. The standard InChI is InChI=1S/C11H11ClN4OS/c1-6-14-4-8(18-6)5-15-11(17)7-2-9(12)16-10(13)3-7/h2-4H,5H2,1H3,(H2,13,16)(H,15,17). The van der Waals surface area contributed by atoms with Crippen LogP contribution in [0.25, 0.3) is 0 Å². The molecule has 0 spiro atoms. The van der Waals surface area contributed by atoms with Crippen LogP contribution in [0.1, 0.15) is 20.2 Å². The molecular formula is C11H11ClN4OS. The molecule has 94 valence electrons. The zero-order chi connectivity index (χ0) is 13.1. The molecule has 2 aromatic rings. The number of nitrogens with two attached hydrogens (primary N) is 1. The Morgan fingerprint density at radius 2 is 2.33 bits per heavy atom. The lowest BCUT2D eigenvalue weighted by Gasteiger charge is -2.04. The van der Waals surface area contributed by atoms with Crippen LogP contribution in [0.15, 0.2) is 18.3 Å². The second-order valence-corrected chi connectivity index (χ2v) is 5.34. The Labute approximate surface area is 113 Å². The summed E-state index contributed by atoms with van der Waals surface area (Å²) in [6.07, 6.45) is 1.74. The first-order valence-corrected chi connectivity index (χ1v) is 6.36. The number of pyridine rings is 1. The maximum atomic E-state index is 11.9. The van der Waals surface area contributed by atoms with Crippen LogP contribution in [0.5, 0.6) is 0 Å². The molecule has 0 atom stereocenters. The molecule has 2 aromatic heterocycles. The second kappa shape index (κ2) is 5.32. The Bertz CT molecular complexity index is 564. The molecule has 0 radical (unpaired) electrons. The van der Waals surface area contributed by atoms with E-state index in [0.717, 1.165) is 9.88 Å². The van der Waals surface area contributed by atoms with Gasteiger partial charge in [-0.1, -0.05) is 11.6 Å². The van der Waals surface area contributed by atoms with E-state index in [4.69, 9.17) is 17.3 Å². The first kappa shape index (κ1) is 12.8. The predicted octanol–water partition coefficient (Wildman–Crippen LogP) is 2.01. The molecule has 2 rings (SSSR count). The molecular weight excluding hydrogens is 272 g/mol. The zero-order valence-electron chi connectivity index (χ0n) is 9.61. The van der Waals surface area contributed by atoms with Crippen LogP contribution in [-0.4, -0.2) is 15.9 Å². The van der Waals surface area contributed by atoms with Gasteiger partial charge >= 0.3 is 0 Å². The number of nitrogens with one attached hydrogen (secondary N) is 1. The average Bonchev–Trinajstić information content (AvgIpc) is 2.70. The average molecular weight is 283 g/mol. The summed E-state index contributed by atoms with van der Waals surface area (Å²) in [6, 6.07) is 2.96. The highest BCUT2D eigenvalue weighted by Crippen LogP contribution is 2.13. The molecule has 1 amide bonds. The number of rotatable bonds is 3. The lowest BCUT2D eigenvalue weighted by atomic mass is 10.2. The van der Waals surface area contributed by atoms with E-state index in [1.807, 2.05) is 6.92 Å². The van der Waals surface area contributed by atoms with Gasteiger partial charge in [0.2, 0.25) is 0 Å². The van der Waals surface area contributed by atoms with E-state index < -0.39 is 0 Å². The summed E-state index contributed by atoms with van der Waals surface area (Å²) in [5.41, 5.74) is 5.92. The minimum absolute atomic E-state index is 0.203. The van der Waals surface area contributed by atoms with Crippen LogP contribution in [0.3, 0.4) is 0 Å². The highest BCUT2D eigenvalue weighted by Gasteiger charge is 2.08. The predicted molar refractivity (Wildman–Crippen MR) is 71.7 cm³/mol. The van der Waals surface area contributed by atoms with Crippen LogP contribution in [0, 0.1) is 6.92 Å². The largest absolute Gasteiger partial charge is 0.384 e. The molecule has 0 aliphatic heterocycles. The summed E-state index contributed by atoms with van der Waals surface area (Å²) in [7, 11) is 0. The molecule has 7 heteroatoms. The van der Waals surface area contributed by atoms with Gasteiger partial charge in [-0.2, -0.15) is 0 Å². The number of aromatic nitrogens is 2. The van der Waals surface area contributed by atoms with E-state index in [0.29, 0.717) is 12.1 Å². The molecule has 0 aliphatic rings. The molecule has 18 heavy (non-hydrogen) atoms. The maximum absolute atomic E-state index is 11.9. The first-order chi connectivity index (χ1) is 8.54. The van der Waals surface area contributed by atoms with Crippen LogP contribution < -0.4 is 11.1 Å². The number of halogens is 1. The highest BCUT2D eigenvalue weighted by atomic mass is 35.5. The van der Waals surface area contributed by atoms with Gasteiger partial charge in [-0.3, -0.25) is 4.79 Å². The normalized spacial score (nSPS) is 10.3. The third-order valence-corrected chi connectivity index (χ3v) is 3.27. The molecule has 0 aliphatic carbocycles. The van der Waals surface area contributed by atoms with Crippen LogP contribution in [0.2, 0.25) is 5.15 Å². The molecule has 0 saturated carbocycles. The molecule has 0 unspecified atom stereocenters. The van der Waals surface area contributed by atoms with Gasteiger partial charge in [0, 0.05) is 16.6 Å². The van der Waals surface area contributed by atoms with Gasteiger partial charge in [-0.25, -0.2) is 9.97 Å². The fourth-order valence-electron chi connectivity index (χ4n) is 1.40. The Kier molecular flexibility index (Phi) is 3.78. The monoisotopic (exact) mass is 282 g/mol. The molecule has 2 heterocycles. The van der Waals surface area contributed by atoms with Gasteiger partial charge in [-0.05, 0) is 19.1 Å². The Morgan fingerprint density at radius 1 is 1.56 bits per heavy atom. The lowest BCUT2D eigenvalue weighted by Crippen LogP contribution is -2.22. The third kappa shape index (κ3) is 3.18. The fraction of sp³-hybridized carbons (Fsp3) is 0.182. The maximum Gasteiger partial charge on any atom is 0.251 e. The topological polar surface area (TPSA) is 80.9 Å². The number of aryl methyl sites for hydroxylation is 1. The molecule has 5 nitrogen and oxygen atoms in total. The first-order valence-electron chi connectivity index (χ1n) is 5.17. The summed E-state index contributed by atoms with van der Waals surface area (Å²) in [4.78, 5) is 20.8. The van der Waals surface area contributed by atoms with Crippen LogP contribution in [0.4, 0.5) is 5.82 Å². The number of nitrogens with zero attached hydrogens (tertiary/aromatic N) is 2. The fourth-order valence-corrected chi connectivity index (χ4v) is 2.35. The van der Waals surface area contributed by atoms with E-state index in [-0.39, 0.29) is 16.9 Å². The number of carbonyl (C=O) groups excluding carboxylic acids is 1. The van der Waals surface area contributed by atoms with Gasteiger partial charge in [0.25, 0.3) is 5.91 Å². The molecule has 3 N–H and O–H groups in total. The van der Waals surface area contributed by atoms with E-state index in [9.17, 15) is 4.79 Å². The summed E-state index contributed by atoms with van der Waals surface area (Å²) >= 11 is 7.28. The minimum atomic E-state index is -0.239. The van der Waals surface area contributed by atoms with Gasteiger partial charge in [-0.15, -0.1) is 11.3 Å². The van der Waals surface area contributed by atoms with Crippen molar-refractivity contribution in [3.05, 3.63) is 38.9 Å². The van der Waals surface area contributed by atoms with Crippen molar-refractivity contribution >= 4 is 34.7 Å². The van der Waals surface area contributed by atoms with E-state index in [1.165, 1.54) is 12.1 Å². The number of thiazole rings is 1. The number of amides is 1. The molecule has 0 aromatic carbocycles. The lowest BCUT2D eigenvalue weighted by molar-refractivity contribution is 0.0951. The quantitative estimate of drug-likeness (QED) is 0.844. The van der Waals surface area contributed by atoms with Crippen molar-refractivity contribution in [1.29, 1.82) is 0 Å². The zero-order valence-corrected chi connectivity index (χ0v) is 11.2. The van der Waals surface area contributed by atoms with E-state index in [2.05, 4.69) is 15.3 Å². The van der Waals surface area contributed by atoms with Crippen molar-refractivity contribution in [2.75, 3.05) is 5.73 Å². The van der Waals surface area contributed by atoms with Crippen molar-refractivity contribution in [3.8, 4) is 0 Å². The van der Waals surface area contributed by atoms with Crippen molar-refractivity contribution in [2.45, 2.75) is 13.5 Å². The number of nitrogen functional groups attached to an aromatic ring is 1. The van der Waals surface area contributed by atoms with Crippen molar-refractivity contribution < 1.29 is 4.79 Å². The number of hydrogen-bond donors (Lipinski definition) is 2. The second-order valence-electron chi connectivity index (χ2n) is 3.63. The summed E-state index contributed by atoms with van der Waals surface area (Å²) < 4.78 is 0. The Balaban J connectivity index is 2.03.